The molecule has 0 saturated heterocycles. The third kappa shape index (κ3) is 4.77. The van der Waals surface area contributed by atoms with Gasteiger partial charge in [-0.2, -0.15) is 5.10 Å². The molecule has 1 aliphatic heterocycles. The van der Waals surface area contributed by atoms with Gasteiger partial charge in [0.2, 0.25) is 0 Å². The molecule has 2 aromatic rings. The summed E-state index contributed by atoms with van der Waals surface area (Å²) in [7, 11) is 0. The number of aromatic nitrogens is 2. The minimum absolute atomic E-state index is 0.319. The molecule has 0 bridgehead atoms. The maximum atomic E-state index is 12.4. The number of hydrogen-bond acceptors (Lipinski definition) is 4. The largest absolute Gasteiger partial charge is 0.444 e. The van der Waals surface area contributed by atoms with Crippen LogP contribution in [0.1, 0.15) is 37.6 Å². The van der Waals surface area contributed by atoms with Crippen LogP contribution in [-0.4, -0.2) is 38.4 Å². The summed E-state index contributed by atoms with van der Waals surface area (Å²) < 4.78 is 5.48. The van der Waals surface area contributed by atoms with Crippen molar-refractivity contribution in [3.8, 4) is 0 Å². The zero-order chi connectivity index (χ0) is 19.6. The van der Waals surface area contributed by atoms with E-state index in [-0.39, 0.29) is 6.09 Å². The Morgan fingerprint density at radius 3 is 2.74 bits per heavy atom. The molecule has 3 N–H and O–H groups in total. The summed E-state index contributed by atoms with van der Waals surface area (Å²) in [5, 5.41) is 14.1. The number of aromatic amines is 1. The molecule has 0 fully saturated rings. The van der Waals surface area contributed by atoms with Crippen molar-refractivity contribution in [3.05, 3.63) is 41.1 Å². The van der Waals surface area contributed by atoms with Crippen molar-refractivity contribution in [1.29, 1.82) is 0 Å². The van der Waals surface area contributed by atoms with E-state index in [2.05, 4.69) is 20.8 Å². The molecule has 27 heavy (non-hydrogen) atoms. The molecule has 0 saturated carbocycles. The van der Waals surface area contributed by atoms with Gasteiger partial charge in [0.05, 0.1) is 6.54 Å². The fraction of sp³-hybridized carbons (Fsp3) is 0.421. The minimum atomic E-state index is -0.520. The van der Waals surface area contributed by atoms with Crippen molar-refractivity contribution in [2.24, 2.45) is 0 Å². The summed E-state index contributed by atoms with van der Waals surface area (Å²) in [6.07, 6.45) is 0.377. The molecule has 1 amide bonds. The second-order valence-electron chi connectivity index (χ2n) is 7.58. The number of nitrogens with one attached hydrogen (secondary N) is 3. The Hall–Kier alpha value is -2.61. The van der Waals surface area contributed by atoms with Gasteiger partial charge in [0.15, 0.2) is 10.9 Å². The van der Waals surface area contributed by atoms with Crippen LogP contribution in [0.15, 0.2) is 24.3 Å². The van der Waals surface area contributed by atoms with Gasteiger partial charge in [0.1, 0.15) is 5.60 Å². The lowest BCUT2D eigenvalue weighted by Crippen LogP contribution is -2.40. The fourth-order valence-electron chi connectivity index (χ4n) is 2.86. The molecular weight excluding hydrogens is 362 g/mol. The summed E-state index contributed by atoms with van der Waals surface area (Å²) in [5.41, 5.74) is 3.46. The third-order valence-electron chi connectivity index (χ3n) is 4.21. The molecule has 0 spiro atoms. The fourth-order valence-corrected chi connectivity index (χ4v) is 3.06. The van der Waals surface area contributed by atoms with E-state index >= 15 is 0 Å². The van der Waals surface area contributed by atoms with Crippen LogP contribution < -0.4 is 10.6 Å². The Morgan fingerprint density at radius 1 is 1.30 bits per heavy atom. The number of fused-ring (bicyclic) bond motifs is 1. The SMILES string of the molecule is Cc1ccccc1NC(=S)Nc1n[nH]c2c1CN(C(=O)OC(C)(C)C)CC2. The highest BCUT2D eigenvalue weighted by molar-refractivity contribution is 7.80. The van der Waals surface area contributed by atoms with Crippen LogP contribution in [-0.2, 0) is 17.7 Å². The number of hydrogen-bond donors (Lipinski definition) is 3. The van der Waals surface area contributed by atoms with E-state index in [1.807, 2.05) is 52.0 Å². The molecule has 1 aliphatic rings. The van der Waals surface area contributed by atoms with E-state index in [0.29, 0.717) is 30.4 Å². The Labute approximate surface area is 164 Å². The highest BCUT2D eigenvalue weighted by Crippen LogP contribution is 2.25. The Bertz CT molecular complexity index is 856. The Morgan fingerprint density at radius 2 is 2.04 bits per heavy atom. The monoisotopic (exact) mass is 387 g/mol. The normalized spacial score (nSPS) is 13.7. The summed E-state index contributed by atoms with van der Waals surface area (Å²) in [5.74, 6) is 0.629. The number of amides is 1. The molecule has 1 aromatic carbocycles. The molecule has 0 radical (unpaired) electrons. The zero-order valence-corrected chi connectivity index (χ0v) is 16.9. The van der Waals surface area contributed by atoms with Gasteiger partial charge < -0.3 is 20.3 Å². The number of carbonyl (C=O) groups excluding carboxylic acids is 1. The van der Waals surface area contributed by atoms with Gasteiger partial charge in [-0.25, -0.2) is 4.79 Å². The standard InChI is InChI=1S/C19H25N5O2S/c1-12-7-5-6-8-14(12)20-17(27)21-16-13-11-24(10-9-15(13)22-23-16)18(25)26-19(2,3)4/h5-8H,9-11H2,1-4H3,(H3,20,21,22,23,27). The van der Waals surface area contributed by atoms with Crippen molar-refractivity contribution in [1.82, 2.24) is 15.1 Å². The molecule has 2 heterocycles. The van der Waals surface area contributed by atoms with Crippen LogP contribution in [0, 0.1) is 6.92 Å². The predicted octanol–water partition coefficient (Wildman–Crippen LogP) is 3.82. The topological polar surface area (TPSA) is 82.3 Å². The van der Waals surface area contributed by atoms with E-state index in [1.165, 1.54) is 0 Å². The number of rotatable bonds is 2. The number of anilines is 2. The lowest BCUT2D eigenvalue weighted by molar-refractivity contribution is 0.0224. The average molecular weight is 388 g/mol. The van der Waals surface area contributed by atoms with Crippen LogP contribution in [0.5, 0.6) is 0 Å². The quantitative estimate of drug-likeness (QED) is 0.680. The van der Waals surface area contributed by atoms with Gasteiger partial charge in [-0.05, 0) is 51.5 Å². The first-order chi connectivity index (χ1) is 12.7. The molecule has 0 unspecified atom stereocenters. The van der Waals surface area contributed by atoms with E-state index in [4.69, 9.17) is 17.0 Å². The van der Waals surface area contributed by atoms with E-state index in [9.17, 15) is 4.79 Å². The van der Waals surface area contributed by atoms with E-state index in [1.54, 1.807) is 4.90 Å². The number of para-hydroxylation sites is 1. The van der Waals surface area contributed by atoms with Gasteiger partial charge >= 0.3 is 6.09 Å². The van der Waals surface area contributed by atoms with Crippen molar-refractivity contribution < 1.29 is 9.53 Å². The number of ether oxygens (including phenoxy) is 1. The lowest BCUT2D eigenvalue weighted by Gasteiger charge is -2.30. The maximum absolute atomic E-state index is 12.4. The third-order valence-corrected chi connectivity index (χ3v) is 4.41. The average Bonchev–Trinajstić information content (AvgIpc) is 2.97. The zero-order valence-electron chi connectivity index (χ0n) is 16.0. The van der Waals surface area contributed by atoms with Gasteiger partial charge in [-0.15, -0.1) is 0 Å². The highest BCUT2D eigenvalue weighted by atomic mass is 32.1. The predicted molar refractivity (Wildman–Crippen MR) is 110 cm³/mol. The summed E-state index contributed by atoms with van der Waals surface area (Å²) in [6.45, 7) is 8.62. The molecule has 8 heteroatoms. The van der Waals surface area contributed by atoms with Crippen molar-refractivity contribution >= 4 is 34.9 Å². The van der Waals surface area contributed by atoms with Crippen LogP contribution in [0.4, 0.5) is 16.3 Å². The molecular formula is C19H25N5O2S. The highest BCUT2D eigenvalue weighted by Gasteiger charge is 2.28. The van der Waals surface area contributed by atoms with Crippen molar-refractivity contribution in [3.63, 3.8) is 0 Å². The molecule has 144 valence electrons. The Kier molecular flexibility index (Phi) is 5.36. The van der Waals surface area contributed by atoms with Gasteiger partial charge in [0, 0.05) is 29.9 Å². The number of H-pyrrole nitrogens is 1. The van der Waals surface area contributed by atoms with Crippen LogP contribution in [0.2, 0.25) is 0 Å². The molecule has 3 rings (SSSR count). The van der Waals surface area contributed by atoms with Crippen LogP contribution >= 0.6 is 12.2 Å². The van der Waals surface area contributed by atoms with Gasteiger partial charge in [0.25, 0.3) is 0 Å². The second kappa shape index (κ2) is 7.56. The first-order valence-electron chi connectivity index (χ1n) is 8.90. The second-order valence-corrected chi connectivity index (χ2v) is 7.98. The molecule has 1 aromatic heterocycles. The number of thiocarbonyl (C=S) groups is 1. The van der Waals surface area contributed by atoms with E-state index < -0.39 is 5.60 Å². The minimum Gasteiger partial charge on any atom is -0.444 e. The Balaban J connectivity index is 1.68. The van der Waals surface area contributed by atoms with Crippen molar-refractivity contribution in [2.75, 3.05) is 17.2 Å². The van der Waals surface area contributed by atoms with E-state index in [0.717, 1.165) is 22.5 Å². The first kappa shape index (κ1) is 19.2. The number of benzene rings is 1. The van der Waals surface area contributed by atoms with Gasteiger partial charge in [-0.3, -0.25) is 5.10 Å². The molecule has 0 aliphatic carbocycles. The smallest absolute Gasteiger partial charge is 0.410 e. The maximum Gasteiger partial charge on any atom is 0.410 e. The lowest BCUT2D eigenvalue weighted by atomic mass is 10.1. The molecule has 7 nitrogen and oxygen atoms in total. The summed E-state index contributed by atoms with van der Waals surface area (Å²) in [6, 6.07) is 7.91. The number of aryl methyl sites for hydroxylation is 1. The van der Waals surface area contributed by atoms with Gasteiger partial charge in [-0.1, -0.05) is 18.2 Å². The summed E-state index contributed by atoms with van der Waals surface area (Å²) >= 11 is 5.42. The number of nitrogens with zero attached hydrogens (tertiary/aromatic N) is 2. The summed E-state index contributed by atoms with van der Waals surface area (Å²) in [4.78, 5) is 14.1. The number of carbonyl (C=O) groups is 1. The first-order valence-corrected chi connectivity index (χ1v) is 9.31. The van der Waals surface area contributed by atoms with Crippen molar-refractivity contribution in [2.45, 2.75) is 46.3 Å². The van der Waals surface area contributed by atoms with Crippen LogP contribution in [0.3, 0.4) is 0 Å². The van der Waals surface area contributed by atoms with Crippen LogP contribution in [0.25, 0.3) is 0 Å². The molecule has 0 atom stereocenters.